The van der Waals surface area contributed by atoms with Gasteiger partial charge in [-0.25, -0.2) is 4.39 Å². The minimum absolute atomic E-state index is 0.307. The molecule has 0 amide bonds. The molecule has 0 atom stereocenters. The van der Waals surface area contributed by atoms with E-state index < -0.39 is 0 Å². The lowest BCUT2D eigenvalue weighted by Crippen LogP contribution is -2.25. The zero-order chi connectivity index (χ0) is 12.5. The van der Waals surface area contributed by atoms with Gasteiger partial charge in [-0.05, 0) is 19.1 Å². The Labute approximate surface area is 109 Å². The van der Waals surface area contributed by atoms with Gasteiger partial charge in [-0.2, -0.15) is 0 Å². The maximum absolute atomic E-state index is 13.0. The molecule has 1 N–H and O–H groups in total. The van der Waals surface area contributed by atoms with Crippen LogP contribution in [-0.4, -0.2) is 32.9 Å². The number of benzene rings is 1. The summed E-state index contributed by atoms with van der Waals surface area (Å²) in [5.41, 5.74) is 0. The van der Waals surface area contributed by atoms with Gasteiger partial charge in [-0.1, -0.05) is 15.9 Å². The largest absolute Gasteiger partial charge is 0.492 e. The molecule has 0 aliphatic heterocycles. The summed E-state index contributed by atoms with van der Waals surface area (Å²) in [6.07, 6.45) is 0. The highest BCUT2D eigenvalue weighted by molar-refractivity contribution is 9.10. The average Bonchev–Trinajstić information content (AvgIpc) is 2.26. The monoisotopic (exact) mass is 305 g/mol. The molecule has 0 saturated carbocycles. The highest BCUT2D eigenvalue weighted by Gasteiger charge is 1.99. The summed E-state index contributed by atoms with van der Waals surface area (Å²) in [5.74, 6) is 0.224. The van der Waals surface area contributed by atoms with E-state index >= 15 is 0 Å². The van der Waals surface area contributed by atoms with E-state index in [9.17, 15) is 4.39 Å². The fourth-order valence-corrected chi connectivity index (χ4v) is 1.71. The first-order chi connectivity index (χ1) is 8.22. The number of nitrogens with one attached hydrogen (secondary N) is 1. The number of ether oxygens (including phenoxy) is 2. The minimum Gasteiger partial charge on any atom is -0.492 e. The van der Waals surface area contributed by atoms with E-state index in [1.807, 2.05) is 6.92 Å². The number of hydrogen-bond donors (Lipinski definition) is 1. The van der Waals surface area contributed by atoms with Crippen molar-refractivity contribution in [2.75, 3.05) is 32.9 Å². The number of rotatable bonds is 8. The Morgan fingerprint density at radius 1 is 1.24 bits per heavy atom. The Kier molecular flexibility index (Phi) is 7.16. The molecule has 0 aliphatic carbocycles. The molecule has 0 fully saturated rings. The van der Waals surface area contributed by atoms with E-state index in [4.69, 9.17) is 9.47 Å². The number of halogens is 2. The van der Waals surface area contributed by atoms with Crippen LogP contribution in [0.3, 0.4) is 0 Å². The summed E-state index contributed by atoms with van der Waals surface area (Å²) in [6.45, 7) is 5.40. The molecule has 5 heteroatoms. The lowest BCUT2D eigenvalue weighted by Gasteiger charge is -2.08. The third-order valence-corrected chi connectivity index (χ3v) is 2.47. The summed E-state index contributed by atoms with van der Waals surface area (Å²) >= 11 is 3.21. The molecule has 0 unspecified atom stereocenters. The molecule has 96 valence electrons. The van der Waals surface area contributed by atoms with Crippen molar-refractivity contribution >= 4 is 15.9 Å². The fraction of sp³-hybridized carbons (Fsp3) is 0.500. The maximum atomic E-state index is 13.0. The standard InChI is InChI=1S/C12H17BrFNO2/c1-2-16-5-3-15-4-6-17-12-8-10(13)7-11(14)9-12/h7-9,15H,2-6H2,1H3. The Hall–Kier alpha value is -0.650. The van der Waals surface area contributed by atoms with E-state index in [2.05, 4.69) is 21.2 Å². The third kappa shape index (κ3) is 6.61. The van der Waals surface area contributed by atoms with Crippen molar-refractivity contribution in [1.29, 1.82) is 0 Å². The van der Waals surface area contributed by atoms with Crippen molar-refractivity contribution in [3.63, 3.8) is 0 Å². The van der Waals surface area contributed by atoms with Crippen molar-refractivity contribution < 1.29 is 13.9 Å². The second-order valence-electron chi connectivity index (χ2n) is 3.40. The van der Waals surface area contributed by atoms with E-state index in [1.165, 1.54) is 12.1 Å². The van der Waals surface area contributed by atoms with Gasteiger partial charge < -0.3 is 14.8 Å². The molecule has 0 aromatic heterocycles. The Morgan fingerprint density at radius 3 is 2.71 bits per heavy atom. The van der Waals surface area contributed by atoms with Crippen LogP contribution in [0.5, 0.6) is 5.75 Å². The van der Waals surface area contributed by atoms with E-state index in [0.29, 0.717) is 30.0 Å². The highest BCUT2D eigenvalue weighted by atomic mass is 79.9. The number of hydrogen-bond acceptors (Lipinski definition) is 3. The normalized spacial score (nSPS) is 10.5. The molecule has 0 heterocycles. The Balaban J connectivity index is 2.13. The first-order valence-electron chi connectivity index (χ1n) is 5.59. The highest BCUT2D eigenvalue weighted by Crippen LogP contribution is 2.20. The van der Waals surface area contributed by atoms with Crippen LogP contribution in [0.25, 0.3) is 0 Å². The SMILES string of the molecule is CCOCCNCCOc1cc(F)cc(Br)c1. The molecule has 3 nitrogen and oxygen atoms in total. The molecule has 0 aliphatic rings. The first-order valence-corrected chi connectivity index (χ1v) is 6.39. The molecule has 0 radical (unpaired) electrons. The van der Waals surface area contributed by atoms with Gasteiger partial charge in [-0.3, -0.25) is 0 Å². The van der Waals surface area contributed by atoms with Gasteiger partial charge in [-0.15, -0.1) is 0 Å². The minimum atomic E-state index is -0.307. The lowest BCUT2D eigenvalue weighted by atomic mass is 10.3. The molecular formula is C12H17BrFNO2. The van der Waals surface area contributed by atoms with Crippen LogP contribution >= 0.6 is 15.9 Å². The van der Waals surface area contributed by atoms with Gasteiger partial charge >= 0.3 is 0 Å². The van der Waals surface area contributed by atoms with Crippen LogP contribution in [0.4, 0.5) is 4.39 Å². The van der Waals surface area contributed by atoms with Crippen LogP contribution in [0.15, 0.2) is 22.7 Å². The van der Waals surface area contributed by atoms with Crippen molar-refractivity contribution in [1.82, 2.24) is 5.32 Å². The summed E-state index contributed by atoms with van der Waals surface area (Å²) in [5, 5.41) is 3.16. The smallest absolute Gasteiger partial charge is 0.128 e. The quantitative estimate of drug-likeness (QED) is 0.749. The second kappa shape index (κ2) is 8.44. The van der Waals surface area contributed by atoms with E-state index in [-0.39, 0.29) is 5.82 Å². The van der Waals surface area contributed by atoms with E-state index in [0.717, 1.165) is 13.2 Å². The zero-order valence-corrected chi connectivity index (χ0v) is 11.4. The Bertz CT molecular complexity index is 316. The lowest BCUT2D eigenvalue weighted by molar-refractivity contribution is 0.148. The molecular weight excluding hydrogens is 289 g/mol. The van der Waals surface area contributed by atoms with E-state index in [1.54, 1.807) is 6.07 Å². The van der Waals surface area contributed by atoms with Crippen molar-refractivity contribution in [2.45, 2.75) is 6.92 Å². The second-order valence-corrected chi connectivity index (χ2v) is 4.32. The van der Waals surface area contributed by atoms with Gasteiger partial charge in [0.1, 0.15) is 18.2 Å². The molecule has 17 heavy (non-hydrogen) atoms. The van der Waals surface area contributed by atoms with Crippen LogP contribution in [-0.2, 0) is 4.74 Å². The van der Waals surface area contributed by atoms with Gasteiger partial charge in [0, 0.05) is 30.2 Å². The topological polar surface area (TPSA) is 30.5 Å². The van der Waals surface area contributed by atoms with Crippen molar-refractivity contribution in [3.8, 4) is 5.75 Å². The molecule has 1 aromatic rings. The predicted molar refractivity (Wildman–Crippen MR) is 69.0 cm³/mol. The summed E-state index contributed by atoms with van der Waals surface area (Å²) in [4.78, 5) is 0. The summed E-state index contributed by atoms with van der Waals surface area (Å²) in [6, 6.07) is 4.50. The molecule has 1 aromatic carbocycles. The summed E-state index contributed by atoms with van der Waals surface area (Å²) in [7, 11) is 0. The fourth-order valence-electron chi connectivity index (χ4n) is 1.27. The van der Waals surface area contributed by atoms with Crippen molar-refractivity contribution in [2.24, 2.45) is 0 Å². The Morgan fingerprint density at radius 2 is 2.00 bits per heavy atom. The van der Waals surface area contributed by atoms with Gasteiger partial charge in [0.25, 0.3) is 0 Å². The van der Waals surface area contributed by atoms with Gasteiger partial charge in [0.2, 0.25) is 0 Å². The zero-order valence-electron chi connectivity index (χ0n) is 9.84. The van der Waals surface area contributed by atoms with Crippen LogP contribution in [0.1, 0.15) is 6.92 Å². The molecule has 1 rings (SSSR count). The third-order valence-electron chi connectivity index (χ3n) is 2.01. The van der Waals surface area contributed by atoms with Crippen LogP contribution in [0, 0.1) is 5.82 Å². The molecule has 0 spiro atoms. The molecule has 0 saturated heterocycles. The maximum Gasteiger partial charge on any atom is 0.128 e. The van der Waals surface area contributed by atoms with Gasteiger partial charge in [0.15, 0.2) is 0 Å². The van der Waals surface area contributed by atoms with Crippen LogP contribution < -0.4 is 10.1 Å². The first kappa shape index (κ1) is 14.4. The van der Waals surface area contributed by atoms with Crippen molar-refractivity contribution in [3.05, 3.63) is 28.5 Å². The molecule has 0 bridgehead atoms. The van der Waals surface area contributed by atoms with Crippen LogP contribution in [0.2, 0.25) is 0 Å². The van der Waals surface area contributed by atoms with Gasteiger partial charge in [0.05, 0.1) is 6.61 Å². The summed E-state index contributed by atoms with van der Waals surface area (Å²) < 4.78 is 24.2. The average molecular weight is 306 g/mol. The predicted octanol–water partition coefficient (Wildman–Crippen LogP) is 2.59.